The highest BCUT2D eigenvalue weighted by molar-refractivity contribution is 14.1. The van der Waals surface area contributed by atoms with E-state index in [9.17, 15) is 0 Å². The zero-order valence-corrected chi connectivity index (χ0v) is 7.16. The Bertz CT molecular complexity index is 209. The standard InChI is InChI=1S/C5H7IN2O/c1-8-2-4(3-9)5(6)7-8/h2,9H,3H2,1H3. The summed E-state index contributed by atoms with van der Waals surface area (Å²) in [5.41, 5.74) is 0.887. The quantitative estimate of drug-likeness (QED) is 0.724. The van der Waals surface area contributed by atoms with E-state index in [-0.39, 0.29) is 6.61 Å². The molecule has 0 atom stereocenters. The first-order valence-electron chi connectivity index (χ1n) is 2.53. The van der Waals surface area contributed by atoms with Crippen LogP contribution in [-0.4, -0.2) is 14.9 Å². The SMILES string of the molecule is Cn1cc(CO)c(I)n1. The number of halogens is 1. The molecule has 50 valence electrons. The van der Waals surface area contributed by atoms with Crippen molar-refractivity contribution in [1.82, 2.24) is 9.78 Å². The summed E-state index contributed by atoms with van der Waals surface area (Å²) < 4.78 is 2.56. The van der Waals surface area contributed by atoms with Crippen molar-refractivity contribution in [2.24, 2.45) is 7.05 Å². The normalized spacial score (nSPS) is 10.1. The summed E-state index contributed by atoms with van der Waals surface area (Å²) in [4.78, 5) is 0. The van der Waals surface area contributed by atoms with Gasteiger partial charge < -0.3 is 5.11 Å². The lowest BCUT2D eigenvalue weighted by Crippen LogP contribution is -1.85. The second-order valence-electron chi connectivity index (χ2n) is 1.78. The Morgan fingerprint density at radius 3 is 2.78 bits per heavy atom. The lowest BCUT2D eigenvalue weighted by atomic mass is 10.4. The van der Waals surface area contributed by atoms with Gasteiger partial charge in [0.2, 0.25) is 0 Å². The summed E-state index contributed by atoms with van der Waals surface area (Å²) in [5.74, 6) is 0. The number of aromatic nitrogens is 2. The zero-order valence-electron chi connectivity index (χ0n) is 5.00. The highest BCUT2D eigenvalue weighted by atomic mass is 127. The minimum atomic E-state index is 0.0755. The first-order valence-corrected chi connectivity index (χ1v) is 3.61. The van der Waals surface area contributed by atoms with E-state index in [1.807, 2.05) is 13.2 Å². The Morgan fingerprint density at radius 2 is 2.56 bits per heavy atom. The Kier molecular flexibility index (Phi) is 2.07. The first kappa shape index (κ1) is 7.01. The van der Waals surface area contributed by atoms with E-state index in [4.69, 9.17) is 5.11 Å². The van der Waals surface area contributed by atoms with Gasteiger partial charge in [-0.2, -0.15) is 5.10 Å². The molecule has 0 unspecified atom stereocenters. The van der Waals surface area contributed by atoms with Gasteiger partial charge in [-0.1, -0.05) is 0 Å². The number of aliphatic hydroxyl groups is 1. The van der Waals surface area contributed by atoms with Crippen molar-refractivity contribution in [2.45, 2.75) is 6.61 Å². The third kappa shape index (κ3) is 1.42. The second-order valence-corrected chi connectivity index (χ2v) is 2.80. The Morgan fingerprint density at radius 1 is 1.89 bits per heavy atom. The molecule has 0 aromatic carbocycles. The van der Waals surface area contributed by atoms with E-state index in [0.717, 1.165) is 9.26 Å². The monoisotopic (exact) mass is 238 g/mol. The van der Waals surface area contributed by atoms with E-state index in [1.165, 1.54) is 0 Å². The van der Waals surface area contributed by atoms with Crippen molar-refractivity contribution in [2.75, 3.05) is 0 Å². The fourth-order valence-electron chi connectivity index (χ4n) is 0.616. The fourth-order valence-corrected chi connectivity index (χ4v) is 1.27. The van der Waals surface area contributed by atoms with E-state index >= 15 is 0 Å². The zero-order chi connectivity index (χ0) is 6.85. The second kappa shape index (κ2) is 2.66. The van der Waals surface area contributed by atoms with Crippen LogP contribution in [0.1, 0.15) is 5.56 Å². The predicted octanol–water partition coefficient (Wildman–Crippen LogP) is 0.517. The van der Waals surface area contributed by atoms with Crippen LogP contribution in [0.25, 0.3) is 0 Å². The fraction of sp³-hybridized carbons (Fsp3) is 0.400. The average molecular weight is 238 g/mol. The van der Waals surface area contributed by atoms with Gasteiger partial charge in [-0.3, -0.25) is 4.68 Å². The van der Waals surface area contributed by atoms with Crippen LogP contribution in [0.2, 0.25) is 0 Å². The summed E-state index contributed by atoms with van der Waals surface area (Å²) in [6.45, 7) is 0.0755. The van der Waals surface area contributed by atoms with Crippen LogP contribution < -0.4 is 0 Å². The third-order valence-electron chi connectivity index (χ3n) is 1.02. The molecule has 0 aliphatic rings. The lowest BCUT2D eigenvalue weighted by Gasteiger charge is -1.83. The Labute approximate surface area is 66.8 Å². The van der Waals surface area contributed by atoms with Crippen LogP contribution in [0.3, 0.4) is 0 Å². The average Bonchev–Trinajstić information content (AvgIpc) is 2.10. The van der Waals surface area contributed by atoms with Crippen molar-refractivity contribution in [3.63, 3.8) is 0 Å². The molecule has 0 fully saturated rings. The van der Waals surface area contributed by atoms with Gasteiger partial charge in [0.1, 0.15) is 3.70 Å². The first-order chi connectivity index (χ1) is 4.24. The Hall–Kier alpha value is -0.100. The van der Waals surface area contributed by atoms with Crippen molar-refractivity contribution in [1.29, 1.82) is 0 Å². The number of aliphatic hydroxyl groups excluding tert-OH is 1. The highest BCUT2D eigenvalue weighted by Gasteiger charge is 2.00. The molecule has 1 heterocycles. The topological polar surface area (TPSA) is 38.0 Å². The molecular weight excluding hydrogens is 231 g/mol. The highest BCUT2D eigenvalue weighted by Crippen LogP contribution is 2.07. The van der Waals surface area contributed by atoms with Crippen LogP contribution in [0.15, 0.2) is 6.20 Å². The van der Waals surface area contributed by atoms with Gasteiger partial charge in [-0.05, 0) is 22.6 Å². The van der Waals surface area contributed by atoms with Gasteiger partial charge in [-0.25, -0.2) is 0 Å². The number of rotatable bonds is 1. The third-order valence-corrected chi connectivity index (χ3v) is 1.93. The number of hydrogen-bond donors (Lipinski definition) is 1. The molecule has 0 saturated carbocycles. The maximum absolute atomic E-state index is 8.67. The van der Waals surface area contributed by atoms with E-state index < -0.39 is 0 Å². The number of hydrogen-bond acceptors (Lipinski definition) is 2. The minimum Gasteiger partial charge on any atom is -0.392 e. The van der Waals surface area contributed by atoms with E-state index in [2.05, 4.69) is 27.7 Å². The number of aryl methyl sites for hydroxylation is 1. The maximum Gasteiger partial charge on any atom is 0.128 e. The van der Waals surface area contributed by atoms with Crippen molar-refractivity contribution in [3.8, 4) is 0 Å². The molecule has 0 amide bonds. The molecule has 0 aliphatic heterocycles. The molecule has 1 rings (SSSR count). The molecule has 9 heavy (non-hydrogen) atoms. The van der Waals surface area contributed by atoms with Gasteiger partial charge in [0, 0.05) is 18.8 Å². The minimum absolute atomic E-state index is 0.0755. The van der Waals surface area contributed by atoms with E-state index in [1.54, 1.807) is 4.68 Å². The molecule has 0 radical (unpaired) electrons. The van der Waals surface area contributed by atoms with Crippen molar-refractivity contribution >= 4 is 22.6 Å². The molecule has 3 nitrogen and oxygen atoms in total. The smallest absolute Gasteiger partial charge is 0.128 e. The van der Waals surface area contributed by atoms with Gasteiger partial charge in [0.25, 0.3) is 0 Å². The predicted molar refractivity (Wildman–Crippen MR) is 41.8 cm³/mol. The lowest BCUT2D eigenvalue weighted by molar-refractivity contribution is 0.281. The van der Waals surface area contributed by atoms with Gasteiger partial charge in [0.15, 0.2) is 0 Å². The van der Waals surface area contributed by atoms with Gasteiger partial charge in [-0.15, -0.1) is 0 Å². The van der Waals surface area contributed by atoms with E-state index in [0.29, 0.717) is 0 Å². The summed E-state index contributed by atoms with van der Waals surface area (Å²) in [7, 11) is 1.83. The van der Waals surface area contributed by atoms with Crippen LogP contribution in [0, 0.1) is 3.70 Å². The molecule has 0 aliphatic carbocycles. The molecule has 1 aromatic heterocycles. The molecule has 0 spiro atoms. The molecule has 0 saturated heterocycles. The van der Waals surface area contributed by atoms with Crippen molar-refractivity contribution < 1.29 is 5.11 Å². The maximum atomic E-state index is 8.67. The molecule has 1 aromatic rings. The van der Waals surface area contributed by atoms with Crippen LogP contribution in [-0.2, 0) is 13.7 Å². The summed E-state index contributed by atoms with van der Waals surface area (Å²) in [6, 6.07) is 0. The van der Waals surface area contributed by atoms with Gasteiger partial charge in [0.05, 0.1) is 6.61 Å². The molecule has 4 heteroatoms. The molecule has 1 N–H and O–H groups in total. The van der Waals surface area contributed by atoms with Crippen LogP contribution >= 0.6 is 22.6 Å². The summed E-state index contributed by atoms with van der Waals surface area (Å²) in [5, 5.41) is 12.7. The largest absolute Gasteiger partial charge is 0.392 e. The molecule has 0 bridgehead atoms. The Balaban J connectivity index is 3.01. The van der Waals surface area contributed by atoms with Crippen molar-refractivity contribution in [3.05, 3.63) is 15.5 Å². The number of nitrogens with zero attached hydrogens (tertiary/aromatic N) is 2. The van der Waals surface area contributed by atoms with Gasteiger partial charge >= 0.3 is 0 Å². The van der Waals surface area contributed by atoms with Crippen LogP contribution in [0.4, 0.5) is 0 Å². The summed E-state index contributed by atoms with van der Waals surface area (Å²) in [6.07, 6.45) is 1.81. The van der Waals surface area contributed by atoms with Crippen LogP contribution in [0.5, 0.6) is 0 Å². The summed E-state index contributed by atoms with van der Waals surface area (Å²) >= 11 is 2.09. The molecular formula is C5H7IN2O.